The Morgan fingerprint density at radius 2 is 1.86 bits per heavy atom. The van der Waals surface area contributed by atoms with Crippen LogP contribution in [0.5, 0.6) is 0 Å². The Bertz CT molecular complexity index is 418. The molecule has 5 nitrogen and oxygen atoms in total. The summed E-state index contributed by atoms with van der Waals surface area (Å²) in [4.78, 5) is 25.2. The van der Waals surface area contributed by atoms with Gasteiger partial charge in [0, 0.05) is 13.1 Å². The van der Waals surface area contributed by atoms with Crippen molar-refractivity contribution in [1.82, 2.24) is 4.90 Å². The molecule has 2 fully saturated rings. The van der Waals surface area contributed by atoms with E-state index < -0.39 is 5.97 Å². The van der Waals surface area contributed by atoms with E-state index in [0.717, 1.165) is 6.26 Å². The van der Waals surface area contributed by atoms with Crippen molar-refractivity contribution in [2.45, 2.75) is 27.2 Å². The maximum Gasteiger partial charge on any atom is 0.414 e. The zero-order chi connectivity index (χ0) is 15.7. The molecule has 1 N–H and O–H groups in total. The molecule has 1 saturated heterocycles. The highest BCUT2D eigenvalue weighted by Crippen LogP contribution is 2.53. The molecule has 2 bridgehead atoms. The van der Waals surface area contributed by atoms with Crippen LogP contribution in [0, 0.1) is 35.5 Å². The number of nitrogens with zero attached hydrogens (tertiary/aromatic N) is 1. The Kier molecular flexibility index (Phi) is 4.59. The van der Waals surface area contributed by atoms with Gasteiger partial charge in [0.25, 0.3) is 0 Å². The van der Waals surface area contributed by atoms with Crippen molar-refractivity contribution in [3.8, 4) is 0 Å². The fourth-order valence-corrected chi connectivity index (χ4v) is 4.46. The number of carbonyl (C=O) groups excluding carboxylic acids is 1. The van der Waals surface area contributed by atoms with E-state index in [4.69, 9.17) is 4.74 Å². The van der Waals surface area contributed by atoms with Crippen molar-refractivity contribution < 1.29 is 19.4 Å². The smallest absolute Gasteiger partial charge is 0.414 e. The number of likely N-dealkylation sites (tertiary alicyclic amines) is 1. The molecule has 3 unspecified atom stereocenters. The molecular weight excluding hydrogens is 270 g/mol. The zero-order valence-electron chi connectivity index (χ0n) is 13.0. The minimum absolute atomic E-state index is 0.158. The first kappa shape index (κ1) is 15.9. The van der Waals surface area contributed by atoms with Crippen LogP contribution in [0.1, 0.15) is 27.2 Å². The summed E-state index contributed by atoms with van der Waals surface area (Å²) >= 11 is 0. The van der Waals surface area contributed by atoms with E-state index in [2.05, 4.69) is 20.4 Å². The third kappa shape index (κ3) is 2.65. The lowest BCUT2D eigenvalue weighted by Gasteiger charge is -2.40. The summed E-state index contributed by atoms with van der Waals surface area (Å²) in [7, 11) is 0. The van der Waals surface area contributed by atoms with E-state index >= 15 is 0 Å². The lowest BCUT2D eigenvalue weighted by molar-refractivity contribution is -0.146. The summed E-state index contributed by atoms with van der Waals surface area (Å²) < 4.78 is 4.88. The lowest BCUT2D eigenvalue weighted by atomic mass is 9.73. The van der Waals surface area contributed by atoms with Crippen molar-refractivity contribution in [1.29, 1.82) is 0 Å². The Morgan fingerprint density at radius 3 is 2.24 bits per heavy atom. The minimum Gasteiger partial charge on any atom is -0.481 e. The van der Waals surface area contributed by atoms with E-state index in [1.165, 1.54) is 0 Å². The van der Waals surface area contributed by atoms with Crippen LogP contribution >= 0.6 is 0 Å². The van der Waals surface area contributed by atoms with Crippen LogP contribution in [0.4, 0.5) is 4.79 Å². The molecule has 5 heteroatoms. The number of piperidine rings is 1. The first-order valence-electron chi connectivity index (χ1n) is 7.71. The number of hydrogen-bond acceptors (Lipinski definition) is 3. The second-order valence-corrected chi connectivity index (χ2v) is 6.43. The van der Waals surface area contributed by atoms with Crippen LogP contribution in [0.2, 0.25) is 0 Å². The van der Waals surface area contributed by atoms with Crippen molar-refractivity contribution in [3.63, 3.8) is 0 Å². The fraction of sp³-hybridized carbons (Fsp3) is 0.750. The predicted octanol–water partition coefficient (Wildman–Crippen LogP) is 2.83. The highest BCUT2D eigenvalue weighted by Gasteiger charge is 2.54. The van der Waals surface area contributed by atoms with Gasteiger partial charge < -0.3 is 14.7 Å². The maximum absolute atomic E-state index is 11.9. The van der Waals surface area contributed by atoms with Gasteiger partial charge in [-0.15, -0.1) is 0 Å². The van der Waals surface area contributed by atoms with Crippen LogP contribution < -0.4 is 0 Å². The van der Waals surface area contributed by atoms with E-state index in [9.17, 15) is 14.7 Å². The highest BCUT2D eigenvalue weighted by atomic mass is 16.5. The van der Waals surface area contributed by atoms with Gasteiger partial charge in [0.15, 0.2) is 0 Å². The number of carboxylic acids is 1. The molecule has 1 aliphatic carbocycles. The van der Waals surface area contributed by atoms with Gasteiger partial charge in [0.2, 0.25) is 0 Å². The second kappa shape index (κ2) is 6.08. The van der Waals surface area contributed by atoms with Crippen LogP contribution in [0.15, 0.2) is 12.8 Å². The molecule has 1 heterocycles. The first-order valence-corrected chi connectivity index (χ1v) is 7.71. The molecule has 0 spiro atoms. The molecule has 5 atom stereocenters. The minimum atomic E-state index is -0.707. The van der Waals surface area contributed by atoms with Gasteiger partial charge in [0.1, 0.15) is 0 Å². The molecule has 0 radical (unpaired) electrons. The molecule has 0 aromatic rings. The van der Waals surface area contributed by atoms with Crippen LogP contribution in [-0.4, -0.2) is 35.2 Å². The summed E-state index contributed by atoms with van der Waals surface area (Å²) in [6.45, 7) is 10.9. The fourth-order valence-electron chi connectivity index (χ4n) is 4.46. The number of carboxylic acid groups (broad SMARTS) is 1. The summed E-state index contributed by atoms with van der Waals surface area (Å²) in [6, 6.07) is 0. The van der Waals surface area contributed by atoms with Crippen molar-refractivity contribution >= 4 is 12.1 Å². The third-order valence-corrected chi connectivity index (χ3v) is 5.70. The molecule has 0 aromatic heterocycles. The molecular formula is C16H25NO4. The Balaban J connectivity index is 2.23. The van der Waals surface area contributed by atoms with Gasteiger partial charge in [-0.25, -0.2) is 4.79 Å². The van der Waals surface area contributed by atoms with E-state index in [0.29, 0.717) is 31.3 Å². The molecule has 118 valence electrons. The number of hydrogen-bond donors (Lipinski definition) is 1. The SMILES string of the molecule is C=COC(=O)N1CC2C(C(CC)C(=O)O)C(C1)[C@H](C)[C@H]2C. The summed E-state index contributed by atoms with van der Waals surface area (Å²) in [5.74, 6) is 0.454. The van der Waals surface area contributed by atoms with Gasteiger partial charge in [0.05, 0.1) is 12.2 Å². The topological polar surface area (TPSA) is 66.8 Å². The van der Waals surface area contributed by atoms with Crippen LogP contribution in [0.3, 0.4) is 0 Å². The standard InChI is InChI=1S/C16H25NO4/c1-5-11(15(18)19)14-12-7-17(16(20)21-6-2)8-13(14)10(4)9(12)3/h6,9-14H,2,5,7-8H2,1,3-4H3,(H,18,19)/t9-,10-,11?,12?,13?,14?/m1/s1. The summed E-state index contributed by atoms with van der Waals surface area (Å²) in [6.07, 6.45) is 1.42. The van der Waals surface area contributed by atoms with Crippen LogP contribution in [-0.2, 0) is 9.53 Å². The summed E-state index contributed by atoms with van der Waals surface area (Å²) in [5, 5.41) is 9.50. The van der Waals surface area contributed by atoms with E-state index in [1.54, 1.807) is 4.90 Å². The van der Waals surface area contributed by atoms with E-state index in [1.807, 2.05) is 6.92 Å². The van der Waals surface area contributed by atoms with Gasteiger partial charge in [-0.05, 0) is 36.0 Å². The Labute approximate surface area is 126 Å². The van der Waals surface area contributed by atoms with Gasteiger partial charge >= 0.3 is 12.1 Å². The molecule has 1 saturated carbocycles. The summed E-state index contributed by atoms with van der Waals surface area (Å²) in [5.41, 5.74) is 0. The zero-order valence-corrected chi connectivity index (χ0v) is 13.0. The number of fused-ring (bicyclic) bond motifs is 2. The monoisotopic (exact) mass is 295 g/mol. The van der Waals surface area contributed by atoms with Crippen molar-refractivity contribution in [3.05, 3.63) is 12.8 Å². The average molecular weight is 295 g/mol. The number of carbonyl (C=O) groups is 2. The first-order chi connectivity index (χ1) is 9.92. The Morgan fingerprint density at radius 1 is 1.33 bits per heavy atom. The largest absolute Gasteiger partial charge is 0.481 e. The number of amides is 1. The number of ether oxygens (including phenoxy) is 1. The maximum atomic E-state index is 11.9. The second-order valence-electron chi connectivity index (χ2n) is 6.43. The predicted molar refractivity (Wildman–Crippen MR) is 78.5 cm³/mol. The van der Waals surface area contributed by atoms with Gasteiger partial charge in [-0.2, -0.15) is 0 Å². The lowest BCUT2D eigenvalue weighted by Crippen LogP contribution is -2.49. The third-order valence-electron chi connectivity index (χ3n) is 5.70. The highest BCUT2D eigenvalue weighted by molar-refractivity contribution is 5.71. The quantitative estimate of drug-likeness (QED) is 0.810. The van der Waals surface area contributed by atoms with Gasteiger partial charge in [-0.1, -0.05) is 27.4 Å². The van der Waals surface area contributed by atoms with Gasteiger partial charge in [-0.3, -0.25) is 4.79 Å². The molecule has 2 aliphatic rings. The number of aliphatic carboxylic acids is 1. The average Bonchev–Trinajstić information content (AvgIpc) is 2.58. The molecule has 2 rings (SSSR count). The van der Waals surface area contributed by atoms with Crippen molar-refractivity contribution in [2.75, 3.05) is 13.1 Å². The molecule has 1 amide bonds. The van der Waals surface area contributed by atoms with Crippen LogP contribution in [0.25, 0.3) is 0 Å². The Hall–Kier alpha value is -1.52. The molecule has 1 aliphatic heterocycles. The normalized spacial score (nSPS) is 36.1. The van der Waals surface area contributed by atoms with E-state index in [-0.39, 0.29) is 29.8 Å². The van der Waals surface area contributed by atoms with Crippen molar-refractivity contribution in [2.24, 2.45) is 35.5 Å². The number of rotatable bonds is 4. The molecule has 0 aromatic carbocycles. The molecule has 21 heavy (non-hydrogen) atoms.